The molecule has 2 aliphatic carbocycles. The van der Waals surface area contributed by atoms with E-state index < -0.39 is 0 Å². The van der Waals surface area contributed by atoms with Crippen LogP contribution in [0, 0.1) is 23.7 Å². The monoisotopic (exact) mass is 204 g/mol. The predicted molar refractivity (Wildman–Crippen MR) is 66.7 cm³/mol. The van der Waals surface area contributed by atoms with Crippen molar-refractivity contribution in [1.29, 1.82) is 0 Å². The molecule has 15 heavy (non-hydrogen) atoms. The molecule has 3 atom stereocenters. The van der Waals surface area contributed by atoms with Gasteiger partial charge < -0.3 is 0 Å². The van der Waals surface area contributed by atoms with Crippen molar-refractivity contribution in [3.63, 3.8) is 0 Å². The highest BCUT2D eigenvalue weighted by Crippen LogP contribution is 2.44. The van der Waals surface area contributed by atoms with Crippen LogP contribution in [0.2, 0.25) is 0 Å². The summed E-state index contributed by atoms with van der Waals surface area (Å²) < 4.78 is 0. The fraction of sp³-hybridized carbons (Fsp3) is 0.733. The van der Waals surface area contributed by atoms with Gasteiger partial charge in [0.05, 0.1) is 0 Å². The summed E-state index contributed by atoms with van der Waals surface area (Å²) in [6, 6.07) is 0. The van der Waals surface area contributed by atoms with Crippen molar-refractivity contribution >= 4 is 0 Å². The van der Waals surface area contributed by atoms with E-state index in [0.717, 1.165) is 23.7 Å². The fourth-order valence-electron chi connectivity index (χ4n) is 3.32. The Morgan fingerprint density at radius 3 is 2.73 bits per heavy atom. The molecule has 0 aliphatic heterocycles. The number of hydrogen-bond acceptors (Lipinski definition) is 0. The summed E-state index contributed by atoms with van der Waals surface area (Å²) in [5.74, 6) is 3.31. The molecule has 0 aromatic carbocycles. The van der Waals surface area contributed by atoms with Crippen molar-refractivity contribution in [1.82, 2.24) is 0 Å². The van der Waals surface area contributed by atoms with Crippen molar-refractivity contribution in [3.05, 3.63) is 23.3 Å². The number of fused-ring (bicyclic) bond motifs is 1. The van der Waals surface area contributed by atoms with Crippen LogP contribution in [0.4, 0.5) is 0 Å². The minimum absolute atomic E-state index is 0.729. The fourth-order valence-corrected chi connectivity index (χ4v) is 3.32. The summed E-state index contributed by atoms with van der Waals surface area (Å²) in [6.07, 6.45) is 9.12. The van der Waals surface area contributed by atoms with Crippen LogP contribution in [0.15, 0.2) is 23.3 Å². The molecule has 84 valence electrons. The van der Waals surface area contributed by atoms with Crippen LogP contribution in [0.25, 0.3) is 0 Å². The van der Waals surface area contributed by atoms with Crippen LogP contribution >= 0.6 is 0 Å². The highest BCUT2D eigenvalue weighted by molar-refractivity contribution is 5.25. The Balaban J connectivity index is 2.31. The first-order valence-electron chi connectivity index (χ1n) is 6.47. The van der Waals surface area contributed by atoms with Crippen LogP contribution < -0.4 is 0 Å². The van der Waals surface area contributed by atoms with Gasteiger partial charge in [0.15, 0.2) is 0 Å². The van der Waals surface area contributed by atoms with Gasteiger partial charge in [0.1, 0.15) is 0 Å². The van der Waals surface area contributed by atoms with Gasteiger partial charge in [0.25, 0.3) is 0 Å². The molecule has 0 nitrogen and oxygen atoms in total. The maximum absolute atomic E-state index is 2.55. The predicted octanol–water partition coefficient (Wildman–Crippen LogP) is 4.58. The topological polar surface area (TPSA) is 0 Å². The van der Waals surface area contributed by atoms with Gasteiger partial charge in [-0.05, 0) is 43.9 Å². The van der Waals surface area contributed by atoms with E-state index in [4.69, 9.17) is 0 Å². The molecule has 3 unspecified atom stereocenters. The number of rotatable bonds is 1. The molecule has 0 spiro atoms. The molecule has 0 bridgehead atoms. The summed E-state index contributed by atoms with van der Waals surface area (Å²) in [7, 11) is 0. The molecule has 2 aliphatic rings. The third-order valence-corrected chi connectivity index (χ3v) is 4.31. The van der Waals surface area contributed by atoms with Gasteiger partial charge >= 0.3 is 0 Å². The average Bonchev–Trinajstić information content (AvgIpc) is 2.17. The first-order valence-corrected chi connectivity index (χ1v) is 6.47. The van der Waals surface area contributed by atoms with Gasteiger partial charge in [-0.15, -0.1) is 0 Å². The Kier molecular flexibility index (Phi) is 3.04. The minimum atomic E-state index is 0.729. The van der Waals surface area contributed by atoms with E-state index in [1.807, 2.05) is 0 Å². The smallest absolute Gasteiger partial charge is 0.00129 e. The molecule has 0 N–H and O–H groups in total. The molecule has 0 aromatic rings. The normalized spacial score (nSPS) is 35.9. The zero-order valence-electron chi connectivity index (χ0n) is 10.6. The Bertz CT molecular complexity index is 293. The van der Waals surface area contributed by atoms with E-state index in [-0.39, 0.29) is 0 Å². The van der Waals surface area contributed by atoms with Gasteiger partial charge in [0, 0.05) is 5.92 Å². The minimum Gasteiger partial charge on any atom is -0.0842 e. The van der Waals surface area contributed by atoms with Gasteiger partial charge in [-0.25, -0.2) is 0 Å². The molecule has 0 fully saturated rings. The molecule has 0 radical (unpaired) electrons. The van der Waals surface area contributed by atoms with Gasteiger partial charge in [-0.2, -0.15) is 0 Å². The van der Waals surface area contributed by atoms with Crippen molar-refractivity contribution in [2.75, 3.05) is 0 Å². The van der Waals surface area contributed by atoms with E-state index >= 15 is 0 Å². The van der Waals surface area contributed by atoms with E-state index in [0.29, 0.717) is 0 Å². The molecule has 2 rings (SSSR count). The van der Waals surface area contributed by atoms with Crippen LogP contribution in [-0.4, -0.2) is 0 Å². The second-order valence-corrected chi connectivity index (χ2v) is 5.81. The quantitative estimate of drug-likeness (QED) is 0.548. The third kappa shape index (κ3) is 2.04. The maximum atomic E-state index is 2.55. The lowest BCUT2D eigenvalue weighted by Crippen LogP contribution is -2.30. The average molecular weight is 204 g/mol. The Morgan fingerprint density at radius 1 is 1.33 bits per heavy atom. The maximum Gasteiger partial charge on any atom is 0.00129 e. The lowest BCUT2D eigenvalue weighted by Gasteiger charge is -2.40. The summed E-state index contributed by atoms with van der Waals surface area (Å²) in [4.78, 5) is 0. The molecular formula is C15H24. The summed E-state index contributed by atoms with van der Waals surface area (Å²) in [5, 5.41) is 0. The lowest BCUT2D eigenvalue weighted by atomic mass is 9.65. The SMILES string of the molecule is CC1=CC2C(C(C)C)=CCC(C)C2CC1. The Morgan fingerprint density at radius 2 is 2.07 bits per heavy atom. The van der Waals surface area contributed by atoms with E-state index in [1.54, 1.807) is 11.1 Å². The van der Waals surface area contributed by atoms with Crippen molar-refractivity contribution in [2.45, 2.75) is 47.0 Å². The van der Waals surface area contributed by atoms with Crippen molar-refractivity contribution in [2.24, 2.45) is 23.7 Å². The largest absolute Gasteiger partial charge is 0.0842 e. The molecule has 0 amide bonds. The van der Waals surface area contributed by atoms with Crippen LogP contribution in [0.1, 0.15) is 47.0 Å². The second-order valence-electron chi connectivity index (χ2n) is 5.81. The first kappa shape index (κ1) is 11.0. The molecule has 0 heteroatoms. The third-order valence-electron chi connectivity index (χ3n) is 4.31. The zero-order chi connectivity index (χ0) is 11.0. The number of allylic oxidation sites excluding steroid dienone is 4. The van der Waals surface area contributed by atoms with Crippen LogP contribution in [0.3, 0.4) is 0 Å². The Hall–Kier alpha value is -0.520. The highest BCUT2D eigenvalue weighted by Gasteiger charge is 2.33. The first-order chi connectivity index (χ1) is 7.09. The Labute approximate surface area is 94.5 Å². The van der Waals surface area contributed by atoms with Crippen LogP contribution in [0.5, 0.6) is 0 Å². The van der Waals surface area contributed by atoms with E-state index in [9.17, 15) is 0 Å². The standard InChI is InChI=1S/C15H24/c1-10(2)13-8-6-12(4)14-7-5-11(3)9-15(13)14/h8-10,12,14-15H,5-7H2,1-4H3. The van der Waals surface area contributed by atoms with Crippen LogP contribution in [-0.2, 0) is 0 Å². The van der Waals surface area contributed by atoms with E-state index in [2.05, 4.69) is 39.8 Å². The van der Waals surface area contributed by atoms with Gasteiger partial charge in [-0.3, -0.25) is 0 Å². The molecular weight excluding hydrogens is 180 g/mol. The summed E-state index contributed by atoms with van der Waals surface area (Å²) in [6.45, 7) is 9.42. The molecule has 0 saturated carbocycles. The van der Waals surface area contributed by atoms with E-state index in [1.165, 1.54) is 19.3 Å². The summed E-state index contributed by atoms with van der Waals surface area (Å²) in [5.41, 5.74) is 3.31. The molecule has 0 saturated heterocycles. The van der Waals surface area contributed by atoms with Crippen molar-refractivity contribution < 1.29 is 0 Å². The number of hydrogen-bond donors (Lipinski definition) is 0. The molecule has 0 aromatic heterocycles. The second kappa shape index (κ2) is 4.15. The highest BCUT2D eigenvalue weighted by atomic mass is 14.4. The van der Waals surface area contributed by atoms with Gasteiger partial charge in [-0.1, -0.05) is 44.1 Å². The summed E-state index contributed by atoms with van der Waals surface area (Å²) >= 11 is 0. The molecule has 0 heterocycles. The van der Waals surface area contributed by atoms with Gasteiger partial charge in [0.2, 0.25) is 0 Å². The zero-order valence-corrected chi connectivity index (χ0v) is 10.6. The van der Waals surface area contributed by atoms with Crippen molar-refractivity contribution in [3.8, 4) is 0 Å². The lowest BCUT2D eigenvalue weighted by molar-refractivity contribution is 0.247.